The lowest BCUT2D eigenvalue weighted by molar-refractivity contribution is -0.167. The monoisotopic (exact) mass is 1130 g/mol. The molecule has 0 aliphatic heterocycles. The van der Waals surface area contributed by atoms with Crippen molar-refractivity contribution in [3.8, 4) is 0 Å². The van der Waals surface area contributed by atoms with Gasteiger partial charge in [-0.15, -0.1) is 0 Å². The second-order valence-corrected chi connectivity index (χ2v) is 23.4. The first-order chi connectivity index (χ1) is 40.0. The van der Waals surface area contributed by atoms with E-state index in [4.69, 9.17) is 14.2 Å². The van der Waals surface area contributed by atoms with Gasteiger partial charge in [0, 0.05) is 19.3 Å². The number of ether oxygens (including phenoxy) is 3. The van der Waals surface area contributed by atoms with Gasteiger partial charge < -0.3 is 14.2 Å². The minimum Gasteiger partial charge on any atom is -0.462 e. The zero-order valence-corrected chi connectivity index (χ0v) is 53.8. The van der Waals surface area contributed by atoms with E-state index in [1.165, 1.54) is 218 Å². The summed E-state index contributed by atoms with van der Waals surface area (Å²) in [6.07, 6.45) is 91.8. The molecule has 0 amide bonds. The van der Waals surface area contributed by atoms with Crippen LogP contribution in [0.5, 0.6) is 0 Å². The number of allylic oxidation sites excluding steroid dienone is 14. The van der Waals surface area contributed by atoms with Gasteiger partial charge in [0.2, 0.25) is 0 Å². The van der Waals surface area contributed by atoms with E-state index in [0.717, 1.165) is 96.3 Å². The molecule has 0 aromatic rings. The number of esters is 3. The van der Waals surface area contributed by atoms with Crippen molar-refractivity contribution in [1.82, 2.24) is 0 Å². The molecule has 0 heterocycles. The van der Waals surface area contributed by atoms with Crippen LogP contribution in [0.15, 0.2) is 85.1 Å². The van der Waals surface area contributed by atoms with E-state index in [0.29, 0.717) is 19.3 Å². The Labute approximate surface area is 503 Å². The summed E-state index contributed by atoms with van der Waals surface area (Å²) in [7, 11) is 0. The van der Waals surface area contributed by atoms with Crippen molar-refractivity contribution >= 4 is 17.9 Å². The Morgan fingerprint density at radius 1 is 0.259 bits per heavy atom. The first-order valence-corrected chi connectivity index (χ1v) is 35.1. The van der Waals surface area contributed by atoms with E-state index in [1.807, 2.05) is 0 Å². The summed E-state index contributed by atoms with van der Waals surface area (Å²) in [6.45, 7) is 6.56. The van der Waals surface area contributed by atoms with Crippen LogP contribution < -0.4 is 0 Å². The Morgan fingerprint density at radius 2 is 0.481 bits per heavy atom. The predicted molar refractivity (Wildman–Crippen MR) is 353 cm³/mol. The molecule has 1 unspecified atom stereocenters. The molecule has 468 valence electrons. The second kappa shape index (κ2) is 69.1. The molecule has 0 N–H and O–H groups in total. The van der Waals surface area contributed by atoms with Crippen molar-refractivity contribution in [1.29, 1.82) is 0 Å². The van der Waals surface area contributed by atoms with Gasteiger partial charge in [-0.1, -0.05) is 324 Å². The van der Waals surface area contributed by atoms with Crippen molar-refractivity contribution in [2.45, 2.75) is 361 Å². The fourth-order valence-electron chi connectivity index (χ4n) is 10.2. The lowest BCUT2D eigenvalue weighted by Crippen LogP contribution is -2.30. The van der Waals surface area contributed by atoms with Gasteiger partial charge in [-0.05, 0) is 96.3 Å². The molecule has 81 heavy (non-hydrogen) atoms. The highest BCUT2D eigenvalue weighted by atomic mass is 16.6. The molecule has 0 saturated carbocycles. The van der Waals surface area contributed by atoms with Crippen molar-refractivity contribution < 1.29 is 28.6 Å². The Hall–Kier alpha value is -3.41. The van der Waals surface area contributed by atoms with Crippen LogP contribution in [0.3, 0.4) is 0 Å². The Balaban J connectivity index is 4.16. The van der Waals surface area contributed by atoms with Crippen LogP contribution in [-0.4, -0.2) is 37.2 Å². The van der Waals surface area contributed by atoms with Crippen LogP contribution in [0.25, 0.3) is 0 Å². The molecule has 0 bridgehead atoms. The van der Waals surface area contributed by atoms with E-state index in [2.05, 4.69) is 106 Å². The lowest BCUT2D eigenvalue weighted by Gasteiger charge is -2.18. The highest BCUT2D eigenvalue weighted by Crippen LogP contribution is 2.17. The molecule has 6 heteroatoms. The first kappa shape index (κ1) is 77.6. The van der Waals surface area contributed by atoms with Crippen LogP contribution in [-0.2, 0) is 28.6 Å². The number of hydrogen-bond donors (Lipinski definition) is 0. The number of carbonyl (C=O) groups excluding carboxylic acids is 3. The molecule has 6 nitrogen and oxygen atoms in total. The van der Waals surface area contributed by atoms with Gasteiger partial charge in [0.1, 0.15) is 13.2 Å². The summed E-state index contributed by atoms with van der Waals surface area (Å²) < 4.78 is 17.0. The Kier molecular flexibility index (Phi) is 66.2. The molecule has 0 rings (SSSR count). The van der Waals surface area contributed by atoms with Gasteiger partial charge in [0.25, 0.3) is 0 Å². The molecule has 0 fully saturated rings. The first-order valence-electron chi connectivity index (χ1n) is 35.1. The van der Waals surface area contributed by atoms with Crippen LogP contribution in [0.2, 0.25) is 0 Å². The highest BCUT2D eigenvalue weighted by Gasteiger charge is 2.19. The van der Waals surface area contributed by atoms with E-state index < -0.39 is 6.10 Å². The molecule has 0 spiro atoms. The number of unbranched alkanes of at least 4 members (excludes halogenated alkanes) is 39. The van der Waals surface area contributed by atoms with Gasteiger partial charge >= 0.3 is 17.9 Å². The molecule has 0 aliphatic carbocycles. The van der Waals surface area contributed by atoms with E-state index in [-0.39, 0.29) is 31.1 Å². The molecule has 0 aromatic heterocycles. The highest BCUT2D eigenvalue weighted by molar-refractivity contribution is 5.71. The van der Waals surface area contributed by atoms with Crippen molar-refractivity contribution in [2.24, 2.45) is 0 Å². The summed E-state index contributed by atoms with van der Waals surface area (Å²) >= 11 is 0. The minimum atomic E-state index is -0.775. The van der Waals surface area contributed by atoms with Crippen LogP contribution >= 0.6 is 0 Å². The topological polar surface area (TPSA) is 78.9 Å². The summed E-state index contributed by atoms with van der Waals surface area (Å²) in [5.41, 5.74) is 0. The van der Waals surface area contributed by atoms with Crippen LogP contribution in [0.4, 0.5) is 0 Å². The molecule has 0 aliphatic rings. The molecular formula is C75H132O6. The van der Waals surface area contributed by atoms with E-state index in [1.54, 1.807) is 0 Å². The maximum absolute atomic E-state index is 12.9. The summed E-state index contributed by atoms with van der Waals surface area (Å²) in [5, 5.41) is 0. The number of rotatable bonds is 64. The third kappa shape index (κ3) is 67.3. The number of carbonyl (C=O) groups is 3. The van der Waals surface area contributed by atoms with E-state index >= 15 is 0 Å². The summed E-state index contributed by atoms with van der Waals surface area (Å²) in [6, 6.07) is 0. The quantitative estimate of drug-likeness (QED) is 0.0261. The maximum atomic E-state index is 12.9. The Bertz CT molecular complexity index is 1530. The SMILES string of the molecule is CC/C=C\C/C=C\C/C=C\C/C=C\C/C=C\C/C=C\CCCCCCCCCCCCCCCCC(=O)OCC(COC(=O)CCCCCCCCCCCCC)OC(=O)CCCCCCCCCCC/C=C\CCCCCCCC. The molecular weight excluding hydrogens is 997 g/mol. The molecule has 1 atom stereocenters. The largest absolute Gasteiger partial charge is 0.462 e. The third-order valence-electron chi connectivity index (χ3n) is 15.4. The third-order valence-corrected chi connectivity index (χ3v) is 15.4. The maximum Gasteiger partial charge on any atom is 0.306 e. The number of hydrogen-bond acceptors (Lipinski definition) is 6. The smallest absolute Gasteiger partial charge is 0.306 e. The average molecular weight is 1130 g/mol. The zero-order valence-electron chi connectivity index (χ0n) is 53.8. The van der Waals surface area contributed by atoms with Gasteiger partial charge in [0.05, 0.1) is 0 Å². The van der Waals surface area contributed by atoms with Crippen molar-refractivity contribution in [2.75, 3.05) is 13.2 Å². The molecule has 0 aromatic carbocycles. The minimum absolute atomic E-state index is 0.0717. The summed E-state index contributed by atoms with van der Waals surface area (Å²) in [4.78, 5) is 38.3. The lowest BCUT2D eigenvalue weighted by atomic mass is 10.0. The van der Waals surface area contributed by atoms with Crippen molar-refractivity contribution in [3.05, 3.63) is 85.1 Å². The van der Waals surface area contributed by atoms with E-state index in [9.17, 15) is 14.4 Å². The fourth-order valence-corrected chi connectivity index (χ4v) is 10.2. The predicted octanol–water partition coefficient (Wildman–Crippen LogP) is 24.2. The Morgan fingerprint density at radius 3 is 0.765 bits per heavy atom. The fraction of sp³-hybridized carbons (Fsp3) is 0.773. The van der Waals surface area contributed by atoms with Gasteiger partial charge in [-0.2, -0.15) is 0 Å². The van der Waals surface area contributed by atoms with Gasteiger partial charge in [-0.25, -0.2) is 0 Å². The normalized spacial score (nSPS) is 12.6. The van der Waals surface area contributed by atoms with Crippen LogP contribution in [0, 0.1) is 0 Å². The molecule has 0 radical (unpaired) electrons. The summed E-state index contributed by atoms with van der Waals surface area (Å²) in [5.74, 6) is -0.856. The second-order valence-electron chi connectivity index (χ2n) is 23.4. The standard InChI is InChI=1S/C75H132O6/c1-4-7-10-13-16-19-22-24-26-28-30-31-32-33-34-35-36-37-38-39-40-41-42-43-45-46-48-50-53-56-59-62-65-68-74(77)80-71-72(70-79-73(76)67-64-61-58-55-52-21-18-15-12-9-6-3)81-75(78)69-66-63-60-57-54-51-49-47-44-29-27-25-23-20-17-14-11-8-5-2/h7,10,16,19,24-27,30-31,33-34,36-37,72H,4-6,8-9,11-15,17-18,20-23,28-29,32,35,38-71H2,1-3H3/b10-7-,19-16-,26-24-,27-25-,31-30-,34-33-,37-36-. The van der Waals surface area contributed by atoms with Gasteiger partial charge in [-0.3, -0.25) is 14.4 Å². The average Bonchev–Trinajstić information content (AvgIpc) is 3.47. The van der Waals surface area contributed by atoms with Gasteiger partial charge in [0.15, 0.2) is 6.10 Å². The van der Waals surface area contributed by atoms with Crippen molar-refractivity contribution in [3.63, 3.8) is 0 Å². The van der Waals surface area contributed by atoms with Crippen LogP contribution in [0.1, 0.15) is 355 Å². The zero-order chi connectivity index (χ0) is 58.5. The molecule has 0 saturated heterocycles.